The molecule has 1 saturated carbocycles. The summed E-state index contributed by atoms with van der Waals surface area (Å²) in [4.78, 5) is 4.19. The van der Waals surface area contributed by atoms with Crippen LogP contribution in [-0.2, 0) is 11.3 Å². The van der Waals surface area contributed by atoms with E-state index in [9.17, 15) is 0 Å². The van der Waals surface area contributed by atoms with Gasteiger partial charge in [0.2, 0.25) is 0 Å². The third-order valence-corrected chi connectivity index (χ3v) is 3.61. The lowest BCUT2D eigenvalue weighted by Gasteiger charge is -2.11. The van der Waals surface area contributed by atoms with Gasteiger partial charge in [0.25, 0.3) is 0 Å². The van der Waals surface area contributed by atoms with E-state index in [1.807, 2.05) is 28.8 Å². The monoisotopic (exact) mass is 302 g/mol. The number of aliphatic imine (C=N–C) groups is 1. The highest BCUT2D eigenvalue weighted by Crippen LogP contribution is 2.28. The molecule has 22 heavy (non-hydrogen) atoms. The van der Waals surface area contributed by atoms with E-state index >= 15 is 0 Å². The van der Waals surface area contributed by atoms with Gasteiger partial charge in [0, 0.05) is 26.4 Å². The summed E-state index contributed by atoms with van der Waals surface area (Å²) in [5.41, 5.74) is 0.843. The van der Waals surface area contributed by atoms with E-state index in [1.165, 1.54) is 12.8 Å². The van der Waals surface area contributed by atoms with Crippen LogP contribution in [0.25, 0.3) is 5.65 Å². The fraction of sp³-hybridized carbons (Fsp3) is 0.533. The summed E-state index contributed by atoms with van der Waals surface area (Å²) >= 11 is 0. The summed E-state index contributed by atoms with van der Waals surface area (Å²) in [5.74, 6) is 2.39. The second-order valence-electron chi connectivity index (χ2n) is 5.42. The molecule has 0 saturated heterocycles. The highest BCUT2D eigenvalue weighted by atomic mass is 16.5. The molecule has 2 aromatic rings. The quantitative estimate of drug-likeness (QED) is 0.450. The van der Waals surface area contributed by atoms with Crippen LogP contribution in [0, 0.1) is 5.92 Å². The Morgan fingerprint density at radius 1 is 1.36 bits per heavy atom. The van der Waals surface area contributed by atoms with Crippen LogP contribution >= 0.6 is 0 Å². The molecule has 0 amide bonds. The lowest BCUT2D eigenvalue weighted by atomic mass is 10.4. The van der Waals surface area contributed by atoms with Crippen molar-refractivity contribution in [2.75, 3.05) is 26.8 Å². The Balaban J connectivity index is 1.42. The van der Waals surface area contributed by atoms with E-state index in [0.29, 0.717) is 13.2 Å². The molecule has 7 heteroatoms. The molecule has 0 unspecified atom stereocenters. The van der Waals surface area contributed by atoms with Crippen molar-refractivity contribution in [3.05, 3.63) is 30.2 Å². The molecule has 2 heterocycles. The van der Waals surface area contributed by atoms with Crippen molar-refractivity contribution < 1.29 is 4.74 Å². The molecular formula is C15H22N6O. The first kappa shape index (κ1) is 14.8. The molecule has 2 aromatic heterocycles. The van der Waals surface area contributed by atoms with E-state index in [-0.39, 0.29) is 0 Å². The molecule has 0 spiro atoms. The number of rotatable bonds is 7. The first-order valence-electron chi connectivity index (χ1n) is 7.67. The van der Waals surface area contributed by atoms with Gasteiger partial charge in [-0.25, -0.2) is 0 Å². The Kier molecular flexibility index (Phi) is 4.85. The normalized spacial score (nSPS) is 15.2. The molecule has 0 aliphatic heterocycles. The molecule has 1 aliphatic carbocycles. The van der Waals surface area contributed by atoms with Gasteiger partial charge < -0.3 is 15.4 Å². The number of ether oxygens (including phenoxy) is 1. The summed E-state index contributed by atoms with van der Waals surface area (Å²) in [6.07, 6.45) is 4.60. The van der Waals surface area contributed by atoms with Crippen molar-refractivity contribution in [2.45, 2.75) is 19.4 Å². The van der Waals surface area contributed by atoms with Gasteiger partial charge in [-0.05, 0) is 30.9 Å². The van der Waals surface area contributed by atoms with Crippen molar-refractivity contribution in [3.63, 3.8) is 0 Å². The molecule has 3 rings (SSSR count). The zero-order chi connectivity index (χ0) is 15.2. The third kappa shape index (κ3) is 3.94. The van der Waals surface area contributed by atoms with Crippen LogP contribution in [0.1, 0.15) is 18.7 Å². The first-order valence-corrected chi connectivity index (χ1v) is 7.67. The van der Waals surface area contributed by atoms with Gasteiger partial charge in [0.05, 0.1) is 13.2 Å². The van der Waals surface area contributed by atoms with E-state index in [4.69, 9.17) is 4.74 Å². The summed E-state index contributed by atoms with van der Waals surface area (Å²) in [6.45, 7) is 2.89. The Labute approximate surface area is 129 Å². The molecule has 0 bridgehead atoms. The number of nitrogens with zero attached hydrogens (tertiary/aromatic N) is 4. The topological polar surface area (TPSA) is 75.8 Å². The minimum atomic E-state index is 0.563. The summed E-state index contributed by atoms with van der Waals surface area (Å²) < 4.78 is 7.55. The first-order chi connectivity index (χ1) is 10.9. The summed E-state index contributed by atoms with van der Waals surface area (Å²) in [7, 11) is 1.75. The van der Waals surface area contributed by atoms with Crippen LogP contribution in [-0.4, -0.2) is 47.4 Å². The van der Waals surface area contributed by atoms with Gasteiger partial charge in [-0.3, -0.25) is 9.39 Å². The van der Waals surface area contributed by atoms with Crippen molar-refractivity contribution in [2.24, 2.45) is 10.9 Å². The van der Waals surface area contributed by atoms with Crippen molar-refractivity contribution in [1.29, 1.82) is 0 Å². The maximum absolute atomic E-state index is 5.59. The number of guanidine groups is 1. The van der Waals surface area contributed by atoms with Crippen LogP contribution in [0.15, 0.2) is 29.4 Å². The van der Waals surface area contributed by atoms with Gasteiger partial charge in [0.1, 0.15) is 0 Å². The lowest BCUT2D eigenvalue weighted by molar-refractivity contribution is 0.129. The van der Waals surface area contributed by atoms with Gasteiger partial charge in [-0.15, -0.1) is 10.2 Å². The number of aromatic nitrogens is 3. The molecule has 0 atom stereocenters. The summed E-state index contributed by atoms with van der Waals surface area (Å²) in [5, 5.41) is 14.8. The Hall–Kier alpha value is -2.15. The standard InChI is InChI=1S/C15H22N6O/c1-16-15(17-7-9-22-11-12-5-6-12)18-10-14-20-19-13-4-2-3-8-21(13)14/h2-4,8,12H,5-7,9-11H2,1H3,(H2,16,17,18). The van der Waals surface area contributed by atoms with Crippen LogP contribution in [0.5, 0.6) is 0 Å². The molecular weight excluding hydrogens is 280 g/mol. The van der Waals surface area contributed by atoms with E-state index in [2.05, 4.69) is 25.8 Å². The van der Waals surface area contributed by atoms with Crippen LogP contribution in [0.3, 0.4) is 0 Å². The number of hydrogen-bond donors (Lipinski definition) is 2. The maximum atomic E-state index is 5.59. The lowest BCUT2D eigenvalue weighted by Crippen LogP contribution is -2.38. The molecule has 1 aliphatic rings. The fourth-order valence-corrected chi connectivity index (χ4v) is 2.17. The van der Waals surface area contributed by atoms with Crippen LogP contribution in [0.4, 0.5) is 0 Å². The Morgan fingerprint density at radius 2 is 2.27 bits per heavy atom. The second-order valence-corrected chi connectivity index (χ2v) is 5.42. The van der Waals surface area contributed by atoms with Crippen LogP contribution in [0.2, 0.25) is 0 Å². The highest BCUT2D eigenvalue weighted by molar-refractivity contribution is 5.79. The zero-order valence-electron chi connectivity index (χ0n) is 12.8. The van der Waals surface area contributed by atoms with Crippen molar-refractivity contribution in [3.8, 4) is 0 Å². The van der Waals surface area contributed by atoms with Crippen molar-refractivity contribution in [1.82, 2.24) is 25.2 Å². The van der Waals surface area contributed by atoms with Gasteiger partial charge in [-0.1, -0.05) is 6.07 Å². The van der Waals surface area contributed by atoms with E-state index in [1.54, 1.807) is 7.05 Å². The summed E-state index contributed by atoms with van der Waals surface area (Å²) in [6, 6.07) is 5.84. The third-order valence-electron chi connectivity index (χ3n) is 3.61. The van der Waals surface area contributed by atoms with E-state index < -0.39 is 0 Å². The van der Waals surface area contributed by atoms with E-state index in [0.717, 1.165) is 36.5 Å². The highest BCUT2D eigenvalue weighted by Gasteiger charge is 2.20. The smallest absolute Gasteiger partial charge is 0.191 e. The van der Waals surface area contributed by atoms with Crippen LogP contribution < -0.4 is 10.6 Å². The molecule has 0 aromatic carbocycles. The van der Waals surface area contributed by atoms with Gasteiger partial charge >= 0.3 is 0 Å². The average molecular weight is 302 g/mol. The van der Waals surface area contributed by atoms with Crippen molar-refractivity contribution >= 4 is 11.6 Å². The fourth-order valence-electron chi connectivity index (χ4n) is 2.17. The minimum Gasteiger partial charge on any atom is -0.379 e. The van der Waals surface area contributed by atoms with Gasteiger partial charge in [-0.2, -0.15) is 0 Å². The average Bonchev–Trinajstić information content (AvgIpc) is 3.29. The number of nitrogens with one attached hydrogen (secondary N) is 2. The molecule has 7 nitrogen and oxygen atoms in total. The molecule has 118 valence electrons. The van der Waals surface area contributed by atoms with Gasteiger partial charge in [0.15, 0.2) is 17.4 Å². The Morgan fingerprint density at radius 3 is 3.09 bits per heavy atom. The number of pyridine rings is 1. The Bertz CT molecular complexity index is 634. The zero-order valence-corrected chi connectivity index (χ0v) is 12.8. The SMILES string of the molecule is CN=C(NCCOCC1CC1)NCc1nnc2ccccn12. The molecule has 2 N–H and O–H groups in total. The maximum Gasteiger partial charge on any atom is 0.191 e. The number of fused-ring (bicyclic) bond motifs is 1. The predicted octanol–water partition coefficient (Wildman–Crippen LogP) is 0.821. The second kappa shape index (κ2) is 7.22. The number of hydrogen-bond acceptors (Lipinski definition) is 4. The minimum absolute atomic E-state index is 0.563. The largest absolute Gasteiger partial charge is 0.379 e. The molecule has 0 radical (unpaired) electrons. The predicted molar refractivity (Wildman–Crippen MR) is 84.7 cm³/mol. The molecule has 1 fully saturated rings.